The second-order valence-electron chi connectivity index (χ2n) is 3.14. The van der Waals surface area contributed by atoms with Crippen LogP contribution in [0.5, 0.6) is 0 Å². The van der Waals surface area contributed by atoms with Crippen LogP contribution in [-0.4, -0.2) is 26.0 Å². The van der Waals surface area contributed by atoms with Crippen LogP contribution in [0.15, 0.2) is 24.5 Å². The molecule has 0 atom stereocenters. The standard InChI is InChI=1S/C10H9N3O2/c1-6-4-7(2-3-11-6)8-5-12-9(13-8)10(14)15/h2-5H,1H3,(H,12,13)(H,14,15). The summed E-state index contributed by atoms with van der Waals surface area (Å²) in [4.78, 5) is 21.1. The van der Waals surface area contributed by atoms with E-state index in [1.54, 1.807) is 12.3 Å². The van der Waals surface area contributed by atoms with Crippen molar-refractivity contribution in [1.82, 2.24) is 15.0 Å². The van der Waals surface area contributed by atoms with E-state index in [1.807, 2.05) is 13.0 Å². The van der Waals surface area contributed by atoms with Gasteiger partial charge in [0.1, 0.15) is 0 Å². The zero-order valence-electron chi connectivity index (χ0n) is 8.06. The van der Waals surface area contributed by atoms with Crippen molar-refractivity contribution in [1.29, 1.82) is 0 Å². The van der Waals surface area contributed by atoms with Crippen LogP contribution in [0.4, 0.5) is 0 Å². The van der Waals surface area contributed by atoms with E-state index in [0.29, 0.717) is 5.69 Å². The molecule has 2 rings (SSSR count). The van der Waals surface area contributed by atoms with Crippen molar-refractivity contribution in [2.75, 3.05) is 0 Å². The summed E-state index contributed by atoms with van der Waals surface area (Å²) in [6.45, 7) is 1.87. The first kappa shape index (κ1) is 9.39. The van der Waals surface area contributed by atoms with Crippen LogP contribution in [-0.2, 0) is 0 Å². The molecule has 0 fully saturated rings. The summed E-state index contributed by atoms with van der Waals surface area (Å²) < 4.78 is 0. The number of nitrogens with zero attached hydrogens (tertiary/aromatic N) is 2. The molecular weight excluding hydrogens is 194 g/mol. The molecule has 2 aromatic rings. The van der Waals surface area contributed by atoms with Crippen LogP contribution in [0.3, 0.4) is 0 Å². The minimum atomic E-state index is -1.06. The Bertz CT molecular complexity index is 505. The minimum Gasteiger partial charge on any atom is -0.475 e. The van der Waals surface area contributed by atoms with Crippen molar-refractivity contribution in [3.8, 4) is 11.3 Å². The Morgan fingerprint density at radius 1 is 1.47 bits per heavy atom. The summed E-state index contributed by atoms with van der Waals surface area (Å²) in [7, 11) is 0. The number of aromatic amines is 1. The fourth-order valence-corrected chi connectivity index (χ4v) is 1.29. The fraction of sp³-hybridized carbons (Fsp3) is 0.100. The molecule has 0 radical (unpaired) electrons. The van der Waals surface area contributed by atoms with Crippen LogP contribution in [0.25, 0.3) is 11.3 Å². The molecule has 0 amide bonds. The smallest absolute Gasteiger partial charge is 0.371 e. The maximum atomic E-state index is 10.6. The van der Waals surface area contributed by atoms with E-state index in [2.05, 4.69) is 15.0 Å². The number of aryl methyl sites for hydroxylation is 1. The van der Waals surface area contributed by atoms with Crippen LogP contribution in [0, 0.1) is 6.92 Å². The van der Waals surface area contributed by atoms with Gasteiger partial charge in [0.05, 0.1) is 11.9 Å². The van der Waals surface area contributed by atoms with Gasteiger partial charge in [-0.1, -0.05) is 0 Å². The van der Waals surface area contributed by atoms with Crippen molar-refractivity contribution in [2.45, 2.75) is 6.92 Å². The quantitative estimate of drug-likeness (QED) is 0.774. The highest BCUT2D eigenvalue weighted by molar-refractivity contribution is 5.84. The summed E-state index contributed by atoms with van der Waals surface area (Å²) in [5.41, 5.74) is 2.43. The van der Waals surface area contributed by atoms with Gasteiger partial charge < -0.3 is 10.1 Å². The van der Waals surface area contributed by atoms with Gasteiger partial charge in [-0.3, -0.25) is 4.98 Å². The van der Waals surface area contributed by atoms with E-state index in [9.17, 15) is 4.79 Å². The number of rotatable bonds is 2. The highest BCUT2D eigenvalue weighted by Gasteiger charge is 2.08. The van der Waals surface area contributed by atoms with E-state index in [0.717, 1.165) is 11.3 Å². The normalized spacial score (nSPS) is 10.2. The van der Waals surface area contributed by atoms with Crippen molar-refractivity contribution < 1.29 is 9.90 Å². The van der Waals surface area contributed by atoms with Crippen LogP contribution >= 0.6 is 0 Å². The number of aromatic carboxylic acids is 1. The van der Waals surface area contributed by atoms with Gasteiger partial charge in [0.15, 0.2) is 0 Å². The number of carboxylic acid groups (broad SMARTS) is 1. The molecule has 5 nitrogen and oxygen atoms in total. The number of H-pyrrole nitrogens is 1. The maximum Gasteiger partial charge on any atom is 0.371 e. The van der Waals surface area contributed by atoms with E-state index in [1.165, 1.54) is 6.20 Å². The highest BCUT2D eigenvalue weighted by atomic mass is 16.4. The lowest BCUT2D eigenvalue weighted by Crippen LogP contribution is -1.98. The largest absolute Gasteiger partial charge is 0.475 e. The van der Waals surface area contributed by atoms with Crippen molar-refractivity contribution in [3.63, 3.8) is 0 Å². The Kier molecular flexibility index (Phi) is 2.21. The molecule has 0 aromatic carbocycles. The highest BCUT2D eigenvalue weighted by Crippen LogP contribution is 2.16. The number of hydrogen-bond acceptors (Lipinski definition) is 3. The average molecular weight is 203 g/mol. The monoisotopic (exact) mass is 203 g/mol. The van der Waals surface area contributed by atoms with Crippen LogP contribution < -0.4 is 0 Å². The number of pyridine rings is 1. The molecule has 15 heavy (non-hydrogen) atoms. The second kappa shape index (κ2) is 3.53. The summed E-state index contributed by atoms with van der Waals surface area (Å²) in [6, 6.07) is 3.66. The Balaban J connectivity index is 2.41. The van der Waals surface area contributed by atoms with Crippen LogP contribution in [0.1, 0.15) is 16.3 Å². The molecule has 2 heterocycles. The molecule has 0 saturated heterocycles. The minimum absolute atomic E-state index is 0.0561. The average Bonchev–Trinajstić information content (AvgIpc) is 2.66. The number of nitrogens with one attached hydrogen (secondary N) is 1. The zero-order chi connectivity index (χ0) is 10.8. The van der Waals surface area contributed by atoms with E-state index < -0.39 is 5.97 Å². The first-order chi connectivity index (χ1) is 7.16. The lowest BCUT2D eigenvalue weighted by atomic mass is 10.2. The van der Waals surface area contributed by atoms with Gasteiger partial charge in [-0.25, -0.2) is 9.78 Å². The van der Waals surface area contributed by atoms with Gasteiger partial charge in [0, 0.05) is 17.5 Å². The van der Waals surface area contributed by atoms with Crippen molar-refractivity contribution in [2.24, 2.45) is 0 Å². The molecular formula is C10H9N3O2. The fourth-order valence-electron chi connectivity index (χ4n) is 1.29. The first-order valence-corrected chi connectivity index (χ1v) is 4.38. The SMILES string of the molecule is Cc1cc(-c2cnc(C(=O)O)[nH]2)ccn1. The predicted octanol–water partition coefficient (Wildman–Crippen LogP) is 1.48. The van der Waals surface area contributed by atoms with Crippen molar-refractivity contribution >= 4 is 5.97 Å². The molecule has 2 aromatic heterocycles. The third kappa shape index (κ3) is 1.85. The molecule has 76 valence electrons. The number of hydrogen-bond donors (Lipinski definition) is 2. The van der Waals surface area contributed by atoms with Gasteiger partial charge in [-0.15, -0.1) is 0 Å². The van der Waals surface area contributed by atoms with Gasteiger partial charge in [0.25, 0.3) is 0 Å². The molecule has 0 spiro atoms. The molecule has 5 heteroatoms. The van der Waals surface area contributed by atoms with Gasteiger partial charge in [-0.2, -0.15) is 0 Å². The molecule has 0 saturated carbocycles. The molecule has 2 N–H and O–H groups in total. The molecule has 0 aliphatic carbocycles. The summed E-state index contributed by atoms with van der Waals surface area (Å²) in [5, 5.41) is 8.69. The predicted molar refractivity (Wildman–Crippen MR) is 53.5 cm³/mol. The summed E-state index contributed by atoms with van der Waals surface area (Å²) in [5.74, 6) is -1.12. The lowest BCUT2D eigenvalue weighted by molar-refractivity contribution is 0.0685. The van der Waals surface area contributed by atoms with Gasteiger partial charge in [-0.05, 0) is 19.1 Å². The van der Waals surface area contributed by atoms with Crippen LogP contribution in [0.2, 0.25) is 0 Å². The summed E-state index contributed by atoms with van der Waals surface area (Å²) in [6.07, 6.45) is 3.17. The Morgan fingerprint density at radius 2 is 2.27 bits per heavy atom. The Labute approximate surface area is 85.8 Å². The third-order valence-electron chi connectivity index (χ3n) is 1.99. The number of carbonyl (C=O) groups is 1. The number of carboxylic acids is 1. The van der Waals surface area contributed by atoms with E-state index in [-0.39, 0.29) is 5.82 Å². The zero-order valence-corrected chi connectivity index (χ0v) is 8.06. The Morgan fingerprint density at radius 3 is 2.87 bits per heavy atom. The number of aromatic nitrogens is 3. The van der Waals surface area contributed by atoms with E-state index >= 15 is 0 Å². The maximum absolute atomic E-state index is 10.6. The molecule has 0 unspecified atom stereocenters. The molecule has 0 bridgehead atoms. The van der Waals surface area contributed by atoms with Crippen molar-refractivity contribution in [3.05, 3.63) is 36.0 Å². The van der Waals surface area contributed by atoms with Gasteiger partial charge in [0.2, 0.25) is 5.82 Å². The Hall–Kier alpha value is -2.17. The van der Waals surface area contributed by atoms with Gasteiger partial charge >= 0.3 is 5.97 Å². The number of imidazole rings is 1. The molecule has 0 aliphatic heterocycles. The molecule has 0 aliphatic rings. The topological polar surface area (TPSA) is 78.9 Å². The van der Waals surface area contributed by atoms with E-state index in [4.69, 9.17) is 5.11 Å². The first-order valence-electron chi connectivity index (χ1n) is 4.38. The lowest BCUT2D eigenvalue weighted by Gasteiger charge is -1.97. The summed E-state index contributed by atoms with van der Waals surface area (Å²) >= 11 is 0. The third-order valence-corrected chi connectivity index (χ3v) is 1.99. The second-order valence-corrected chi connectivity index (χ2v) is 3.14.